The summed E-state index contributed by atoms with van der Waals surface area (Å²) in [6, 6.07) is -1.86. The van der Waals surface area contributed by atoms with Crippen molar-refractivity contribution in [2.24, 2.45) is 0 Å². The van der Waals surface area contributed by atoms with E-state index < -0.39 is 24.1 Å². The third-order valence-electron chi connectivity index (χ3n) is 2.54. The highest BCUT2D eigenvalue weighted by Crippen LogP contribution is 2.11. The maximum Gasteiger partial charge on any atom is 0.326 e. The lowest BCUT2D eigenvalue weighted by Crippen LogP contribution is -2.46. The number of aromatic nitrogens is 1. The van der Waals surface area contributed by atoms with Gasteiger partial charge in [0, 0.05) is 0 Å². The molecule has 0 saturated heterocycles. The van der Waals surface area contributed by atoms with Gasteiger partial charge in [-0.15, -0.1) is 0 Å². The lowest BCUT2D eigenvalue weighted by Gasteiger charge is -2.16. The standard InChI is InChI=1S/C12H19N3O4/c1-4-5-9(11(16)17)15-12(18)14-8(3)10-13-6-7(2)19-10/h6,8-9H,4-5H2,1-3H3,(H,16,17)(H2,14,15,18)/t8?,9-/m1/s1. The van der Waals surface area contributed by atoms with Crippen molar-refractivity contribution in [1.82, 2.24) is 15.6 Å². The Morgan fingerprint density at radius 1 is 1.47 bits per heavy atom. The van der Waals surface area contributed by atoms with E-state index in [9.17, 15) is 9.59 Å². The predicted molar refractivity (Wildman–Crippen MR) is 67.7 cm³/mol. The number of nitrogens with one attached hydrogen (secondary N) is 2. The van der Waals surface area contributed by atoms with E-state index in [1.807, 2.05) is 6.92 Å². The summed E-state index contributed by atoms with van der Waals surface area (Å²) in [5.74, 6) is -0.00917. The van der Waals surface area contributed by atoms with Crippen LogP contribution in [0.15, 0.2) is 10.6 Å². The molecule has 1 unspecified atom stereocenters. The molecule has 3 N–H and O–H groups in total. The molecule has 19 heavy (non-hydrogen) atoms. The second-order valence-electron chi connectivity index (χ2n) is 4.33. The van der Waals surface area contributed by atoms with Crippen LogP contribution in [0.4, 0.5) is 4.79 Å². The van der Waals surface area contributed by atoms with Gasteiger partial charge < -0.3 is 20.2 Å². The van der Waals surface area contributed by atoms with Gasteiger partial charge in [-0.2, -0.15) is 0 Å². The number of urea groups is 1. The second kappa shape index (κ2) is 6.77. The van der Waals surface area contributed by atoms with Crippen molar-refractivity contribution in [2.45, 2.75) is 45.7 Å². The van der Waals surface area contributed by atoms with E-state index >= 15 is 0 Å². The fraction of sp³-hybridized carbons (Fsp3) is 0.583. The van der Waals surface area contributed by atoms with Crippen LogP contribution in [0.3, 0.4) is 0 Å². The molecule has 1 rings (SSSR count). The van der Waals surface area contributed by atoms with Crippen molar-refractivity contribution in [2.75, 3.05) is 0 Å². The zero-order valence-corrected chi connectivity index (χ0v) is 11.3. The van der Waals surface area contributed by atoms with Gasteiger partial charge >= 0.3 is 12.0 Å². The largest absolute Gasteiger partial charge is 0.480 e. The number of hydrogen-bond donors (Lipinski definition) is 3. The number of carboxylic acid groups (broad SMARTS) is 1. The summed E-state index contributed by atoms with van der Waals surface area (Å²) in [4.78, 5) is 26.6. The van der Waals surface area contributed by atoms with Crippen LogP contribution in [0.2, 0.25) is 0 Å². The first-order chi connectivity index (χ1) is 8.93. The zero-order chi connectivity index (χ0) is 14.4. The van der Waals surface area contributed by atoms with Crippen molar-refractivity contribution in [3.05, 3.63) is 17.8 Å². The Labute approximate surface area is 111 Å². The Hall–Kier alpha value is -2.05. The molecule has 1 aromatic heterocycles. The molecule has 7 heteroatoms. The SMILES string of the molecule is CCC[C@@H](NC(=O)NC(C)c1ncc(C)o1)C(=O)O. The molecule has 0 aliphatic carbocycles. The van der Waals surface area contributed by atoms with Gasteiger partial charge in [-0.1, -0.05) is 13.3 Å². The molecular weight excluding hydrogens is 250 g/mol. The fourth-order valence-electron chi connectivity index (χ4n) is 1.58. The van der Waals surface area contributed by atoms with Crippen molar-refractivity contribution >= 4 is 12.0 Å². The normalized spacial score (nSPS) is 13.6. The molecular formula is C12H19N3O4. The summed E-state index contributed by atoms with van der Waals surface area (Å²) in [7, 11) is 0. The van der Waals surface area contributed by atoms with Gasteiger partial charge in [-0.3, -0.25) is 0 Å². The molecule has 1 aromatic rings. The van der Waals surface area contributed by atoms with Crippen LogP contribution in [0.1, 0.15) is 44.4 Å². The molecule has 0 saturated carbocycles. The van der Waals surface area contributed by atoms with Crippen LogP contribution in [0, 0.1) is 6.92 Å². The summed E-state index contributed by atoms with van der Waals surface area (Å²) in [6.07, 6.45) is 2.61. The third-order valence-corrected chi connectivity index (χ3v) is 2.54. The number of nitrogens with zero attached hydrogens (tertiary/aromatic N) is 1. The van der Waals surface area contributed by atoms with Gasteiger partial charge in [0.15, 0.2) is 0 Å². The third kappa shape index (κ3) is 4.61. The molecule has 2 atom stereocenters. The smallest absolute Gasteiger partial charge is 0.326 e. The number of aliphatic carboxylic acids is 1. The van der Waals surface area contributed by atoms with Crippen LogP contribution in [0.5, 0.6) is 0 Å². The number of aryl methyl sites for hydroxylation is 1. The molecule has 0 fully saturated rings. The molecule has 106 valence electrons. The Kier molecular flexibility index (Phi) is 5.35. The first-order valence-corrected chi connectivity index (χ1v) is 6.16. The van der Waals surface area contributed by atoms with E-state index in [1.54, 1.807) is 20.0 Å². The van der Waals surface area contributed by atoms with Crippen molar-refractivity contribution in [3.63, 3.8) is 0 Å². The van der Waals surface area contributed by atoms with E-state index in [0.717, 1.165) is 0 Å². The molecule has 0 radical (unpaired) electrons. The topological polar surface area (TPSA) is 104 Å². The number of hydrogen-bond acceptors (Lipinski definition) is 4. The average Bonchev–Trinajstić information content (AvgIpc) is 2.75. The van der Waals surface area contributed by atoms with Crippen molar-refractivity contribution < 1.29 is 19.1 Å². The highest BCUT2D eigenvalue weighted by atomic mass is 16.4. The monoisotopic (exact) mass is 269 g/mol. The van der Waals surface area contributed by atoms with Gasteiger partial charge in [-0.05, 0) is 20.3 Å². The van der Waals surface area contributed by atoms with Gasteiger partial charge in [0.25, 0.3) is 0 Å². The van der Waals surface area contributed by atoms with Crippen LogP contribution >= 0.6 is 0 Å². The average molecular weight is 269 g/mol. The Morgan fingerprint density at radius 2 is 2.16 bits per heavy atom. The maximum absolute atomic E-state index is 11.7. The predicted octanol–water partition coefficient (Wildman–Crippen LogP) is 1.60. The maximum atomic E-state index is 11.7. The quantitative estimate of drug-likeness (QED) is 0.727. The lowest BCUT2D eigenvalue weighted by molar-refractivity contribution is -0.139. The number of carbonyl (C=O) groups excluding carboxylic acids is 1. The van der Waals surface area contributed by atoms with Crippen LogP contribution in [0.25, 0.3) is 0 Å². The minimum atomic E-state index is -1.04. The van der Waals surface area contributed by atoms with Crippen molar-refractivity contribution in [1.29, 1.82) is 0 Å². The summed E-state index contributed by atoms with van der Waals surface area (Å²) < 4.78 is 5.28. The highest BCUT2D eigenvalue weighted by Gasteiger charge is 2.21. The molecule has 7 nitrogen and oxygen atoms in total. The van der Waals surface area contributed by atoms with E-state index in [2.05, 4.69) is 15.6 Å². The minimum absolute atomic E-state index is 0.384. The van der Waals surface area contributed by atoms with E-state index in [-0.39, 0.29) is 0 Å². The van der Waals surface area contributed by atoms with Gasteiger partial charge in [0.1, 0.15) is 17.8 Å². The molecule has 2 amide bonds. The summed E-state index contributed by atoms with van der Waals surface area (Å²) in [5.41, 5.74) is 0. The fourth-order valence-corrected chi connectivity index (χ4v) is 1.58. The molecule has 0 aromatic carbocycles. The second-order valence-corrected chi connectivity index (χ2v) is 4.33. The van der Waals surface area contributed by atoms with Crippen molar-refractivity contribution in [3.8, 4) is 0 Å². The van der Waals surface area contributed by atoms with E-state index in [0.29, 0.717) is 24.5 Å². The van der Waals surface area contributed by atoms with Crippen LogP contribution < -0.4 is 10.6 Å². The molecule has 0 bridgehead atoms. The van der Waals surface area contributed by atoms with E-state index in [1.165, 1.54) is 0 Å². The highest BCUT2D eigenvalue weighted by molar-refractivity contribution is 5.82. The molecule has 0 aliphatic rings. The number of carbonyl (C=O) groups is 2. The first kappa shape index (κ1) is 15.0. The molecule has 0 spiro atoms. The molecule has 1 heterocycles. The number of oxazole rings is 1. The summed E-state index contributed by atoms with van der Waals surface area (Å²) in [6.45, 7) is 5.32. The number of amides is 2. The van der Waals surface area contributed by atoms with Gasteiger partial charge in [-0.25, -0.2) is 14.6 Å². The number of carboxylic acids is 1. The summed E-state index contributed by atoms with van der Waals surface area (Å²) in [5, 5.41) is 13.9. The number of rotatable bonds is 6. The van der Waals surface area contributed by atoms with E-state index in [4.69, 9.17) is 9.52 Å². The molecule has 0 aliphatic heterocycles. The Morgan fingerprint density at radius 3 is 2.63 bits per heavy atom. The Balaban J connectivity index is 2.52. The van der Waals surface area contributed by atoms with Crippen LogP contribution in [-0.2, 0) is 4.79 Å². The lowest BCUT2D eigenvalue weighted by atomic mass is 10.2. The van der Waals surface area contributed by atoms with Gasteiger partial charge in [0.2, 0.25) is 5.89 Å². The summed E-state index contributed by atoms with van der Waals surface area (Å²) >= 11 is 0. The van der Waals surface area contributed by atoms with Gasteiger partial charge in [0.05, 0.1) is 6.20 Å². The van der Waals surface area contributed by atoms with Crippen LogP contribution in [-0.4, -0.2) is 28.1 Å². The first-order valence-electron chi connectivity index (χ1n) is 6.16. The zero-order valence-electron chi connectivity index (χ0n) is 11.3. The minimum Gasteiger partial charge on any atom is -0.480 e. The Bertz CT molecular complexity index is 444.